The number of nitrogens with zero attached hydrogens (tertiary/aromatic N) is 1. The summed E-state index contributed by atoms with van der Waals surface area (Å²) < 4.78 is 0. The van der Waals surface area contributed by atoms with Crippen LogP contribution in [0, 0.1) is 10.1 Å². The summed E-state index contributed by atoms with van der Waals surface area (Å²) in [5, 5.41) is 10.5. The zero-order chi connectivity index (χ0) is 13.0. The summed E-state index contributed by atoms with van der Waals surface area (Å²) in [6, 6.07) is 10.8. The zero-order valence-electron chi connectivity index (χ0n) is 9.33. The van der Waals surface area contributed by atoms with E-state index in [2.05, 4.69) is 4.98 Å². The van der Waals surface area contributed by atoms with Crippen molar-refractivity contribution in [2.45, 2.75) is 4.90 Å². The van der Waals surface area contributed by atoms with Crippen molar-refractivity contribution in [2.75, 3.05) is 5.75 Å². The average Bonchev–Trinajstić information content (AvgIpc) is 2.87. The number of carbonyl (C=O) groups is 1. The van der Waals surface area contributed by atoms with Crippen LogP contribution in [0.5, 0.6) is 0 Å². The molecule has 0 radical (unpaired) electrons. The predicted octanol–water partition coefficient (Wildman–Crippen LogP) is 2.90. The van der Waals surface area contributed by atoms with Crippen LogP contribution in [0.1, 0.15) is 10.5 Å². The summed E-state index contributed by atoms with van der Waals surface area (Å²) in [6.45, 7) is 0. The maximum Gasteiger partial charge on any atom is 0.287 e. The van der Waals surface area contributed by atoms with Crippen LogP contribution in [0.2, 0.25) is 0 Å². The Labute approximate surface area is 107 Å². The molecule has 0 aliphatic rings. The van der Waals surface area contributed by atoms with Crippen LogP contribution in [0.4, 0.5) is 5.69 Å². The molecular formula is C12H10N2O3S. The SMILES string of the molecule is O=C(CSc1ccccc1)c1cc([N+](=O)[O-])c[nH]1. The molecule has 2 aromatic rings. The first-order valence-corrected chi connectivity index (χ1v) is 6.19. The van der Waals surface area contributed by atoms with Gasteiger partial charge in [-0.1, -0.05) is 18.2 Å². The van der Waals surface area contributed by atoms with Gasteiger partial charge in [0.1, 0.15) is 0 Å². The lowest BCUT2D eigenvalue weighted by Crippen LogP contribution is -2.02. The Hall–Kier alpha value is -2.08. The van der Waals surface area contributed by atoms with E-state index in [0.717, 1.165) is 4.90 Å². The fourth-order valence-corrected chi connectivity index (χ4v) is 2.20. The lowest BCUT2D eigenvalue weighted by atomic mass is 10.3. The number of ketones is 1. The highest BCUT2D eigenvalue weighted by Crippen LogP contribution is 2.19. The van der Waals surface area contributed by atoms with Gasteiger partial charge < -0.3 is 4.98 Å². The standard InChI is InChI=1S/C12H10N2O3S/c15-12(8-18-10-4-2-1-3-5-10)11-6-9(7-13-11)14(16)17/h1-7,13H,8H2. The molecule has 1 aromatic heterocycles. The molecule has 0 amide bonds. The monoisotopic (exact) mass is 262 g/mol. The van der Waals surface area contributed by atoms with E-state index in [0.29, 0.717) is 0 Å². The normalized spacial score (nSPS) is 10.2. The highest BCUT2D eigenvalue weighted by Gasteiger charge is 2.14. The molecule has 0 saturated carbocycles. The summed E-state index contributed by atoms with van der Waals surface area (Å²) >= 11 is 1.40. The third-order valence-electron chi connectivity index (χ3n) is 2.29. The van der Waals surface area contributed by atoms with Gasteiger partial charge in [-0.25, -0.2) is 0 Å². The summed E-state index contributed by atoms with van der Waals surface area (Å²) in [4.78, 5) is 25.3. The Morgan fingerprint density at radius 2 is 2.06 bits per heavy atom. The fourth-order valence-electron chi connectivity index (χ4n) is 1.39. The molecule has 0 atom stereocenters. The zero-order valence-corrected chi connectivity index (χ0v) is 10.1. The molecule has 1 aromatic carbocycles. The van der Waals surface area contributed by atoms with Gasteiger partial charge in [0, 0.05) is 11.0 Å². The van der Waals surface area contributed by atoms with Gasteiger partial charge in [0.25, 0.3) is 5.69 Å². The molecule has 0 saturated heterocycles. The molecule has 1 heterocycles. The molecular weight excluding hydrogens is 252 g/mol. The van der Waals surface area contributed by atoms with E-state index in [1.807, 2.05) is 30.3 Å². The quantitative estimate of drug-likeness (QED) is 0.389. The van der Waals surface area contributed by atoms with Crippen LogP contribution in [-0.4, -0.2) is 21.4 Å². The molecule has 6 heteroatoms. The van der Waals surface area contributed by atoms with Gasteiger partial charge in [0.2, 0.25) is 0 Å². The highest BCUT2D eigenvalue weighted by atomic mass is 32.2. The number of aromatic amines is 1. The van der Waals surface area contributed by atoms with Crippen LogP contribution >= 0.6 is 11.8 Å². The van der Waals surface area contributed by atoms with Crippen LogP contribution in [0.3, 0.4) is 0 Å². The summed E-state index contributed by atoms with van der Waals surface area (Å²) in [5.74, 6) is 0.0961. The van der Waals surface area contributed by atoms with Crippen LogP contribution in [-0.2, 0) is 0 Å². The molecule has 0 unspecified atom stereocenters. The average molecular weight is 262 g/mol. The van der Waals surface area contributed by atoms with Crippen molar-refractivity contribution in [3.8, 4) is 0 Å². The van der Waals surface area contributed by atoms with E-state index in [1.165, 1.54) is 24.0 Å². The molecule has 0 bridgehead atoms. The Bertz CT molecular complexity index is 566. The lowest BCUT2D eigenvalue weighted by molar-refractivity contribution is -0.384. The lowest BCUT2D eigenvalue weighted by Gasteiger charge is -1.98. The van der Waals surface area contributed by atoms with Gasteiger partial charge in [0.15, 0.2) is 5.78 Å². The van der Waals surface area contributed by atoms with E-state index in [9.17, 15) is 14.9 Å². The number of carbonyl (C=O) groups excluding carboxylic acids is 1. The van der Waals surface area contributed by atoms with Crippen molar-refractivity contribution in [2.24, 2.45) is 0 Å². The fraction of sp³-hybridized carbons (Fsp3) is 0.0833. The highest BCUT2D eigenvalue weighted by molar-refractivity contribution is 8.00. The third kappa shape index (κ3) is 2.98. The first-order chi connectivity index (χ1) is 8.66. The van der Waals surface area contributed by atoms with Crippen molar-refractivity contribution in [3.05, 3.63) is 58.4 Å². The van der Waals surface area contributed by atoms with Crippen molar-refractivity contribution < 1.29 is 9.72 Å². The van der Waals surface area contributed by atoms with Crippen LogP contribution < -0.4 is 0 Å². The number of rotatable bonds is 5. The number of Topliss-reactive ketones (excluding diaryl/α,β-unsaturated/α-hetero) is 1. The van der Waals surface area contributed by atoms with Gasteiger partial charge in [0.05, 0.1) is 22.6 Å². The maximum atomic E-state index is 11.8. The minimum Gasteiger partial charge on any atom is -0.353 e. The Balaban J connectivity index is 1.97. The minimum atomic E-state index is -0.530. The second kappa shape index (κ2) is 5.50. The molecule has 0 fully saturated rings. The largest absolute Gasteiger partial charge is 0.353 e. The molecule has 18 heavy (non-hydrogen) atoms. The maximum absolute atomic E-state index is 11.8. The van der Waals surface area contributed by atoms with E-state index >= 15 is 0 Å². The Morgan fingerprint density at radius 1 is 1.33 bits per heavy atom. The number of nitrogens with one attached hydrogen (secondary N) is 1. The molecule has 0 aliphatic carbocycles. The first kappa shape index (κ1) is 12.4. The van der Waals surface area contributed by atoms with Crippen molar-refractivity contribution in [1.82, 2.24) is 4.98 Å². The van der Waals surface area contributed by atoms with Gasteiger partial charge in [-0.2, -0.15) is 0 Å². The van der Waals surface area contributed by atoms with E-state index < -0.39 is 4.92 Å². The minimum absolute atomic E-state index is 0.0944. The topological polar surface area (TPSA) is 76.0 Å². The molecule has 92 valence electrons. The number of H-pyrrole nitrogens is 1. The van der Waals surface area contributed by atoms with E-state index in [1.54, 1.807) is 0 Å². The van der Waals surface area contributed by atoms with Gasteiger partial charge in [-0.3, -0.25) is 14.9 Å². The Kier molecular flexibility index (Phi) is 3.78. The van der Waals surface area contributed by atoms with E-state index in [4.69, 9.17) is 0 Å². The number of aromatic nitrogens is 1. The first-order valence-electron chi connectivity index (χ1n) is 5.20. The van der Waals surface area contributed by atoms with E-state index in [-0.39, 0.29) is 22.9 Å². The Morgan fingerprint density at radius 3 is 2.67 bits per heavy atom. The molecule has 0 spiro atoms. The molecule has 5 nitrogen and oxygen atoms in total. The summed E-state index contributed by atoms with van der Waals surface area (Å²) in [7, 11) is 0. The predicted molar refractivity (Wildman–Crippen MR) is 68.9 cm³/mol. The van der Waals surface area contributed by atoms with Crippen molar-refractivity contribution in [1.29, 1.82) is 0 Å². The van der Waals surface area contributed by atoms with Gasteiger partial charge in [-0.05, 0) is 12.1 Å². The van der Waals surface area contributed by atoms with Gasteiger partial charge in [-0.15, -0.1) is 11.8 Å². The third-order valence-corrected chi connectivity index (χ3v) is 3.30. The number of hydrogen-bond donors (Lipinski definition) is 1. The number of nitro groups is 1. The number of thioether (sulfide) groups is 1. The summed E-state index contributed by atoms with van der Waals surface area (Å²) in [6.07, 6.45) is 1.22. The number of hydrogen-bond acceptors (Lipinski definition) is 4. The molecule has 2 rings (SSSR count). The smallest absolute Gasteiger partial charge is 0.287 e. The summed E-state index contributed by atoms with van der Waals surface area (Å²) in [5.41, 5.74) is 0.174. The second-order valence-electron chi connectivity index (χ2n) is 3.55. The molecule has 0 aliphatic heterocycles. The van der Waals surface area contributed by atoms with Crippen LogP contribution in [0.25, 0.3) is 0 Å². The second-order valence-corrected chi connectivity index (χ2v) is 4.60. The van der Waals surface area contributed by atoms with Gasteiger partial charge >= 0.3 is 0 Å². The van der Waals surface area contributed by atoms with Crippen molar-refractivity contribution in [3.63, 3.8) is 0 Å². The van der Waals surface area contributed by atoms with Crippen LogP contribution in [0.15, 0.2) is 47.5 Å². The number of benzene rings is 1. The van der Waals surface area contributed by atoms with Crippen molar-refractivity contribution >= 4 is 23.2 Å². The molecule has 1 N–H and O–H groups in total.